The van der Waals surface area contributed by atoms with Crippen LogP contribution in [0.4, 0.5) is 0 Å². The van der Waals surface area contributed by atoms with Crippen LogP contribution in [-0.4, -0.2) is 20.7 Å². The van der Waals surface area contributed by atoms with E-state index < -0.39 is 5.97 Å². The van der Waals surface area contributed by atoms with Crippen LogP contribution >= 0.6 is 0 Å². The number of hydrogen-bond acceptors (Lipinski definition) is 2. The molecule has 1 N–H and O–H groups in total. The maximum Gasteiger partial charge on any atom is 0.341 e. The number of rotatable bonds is 3. The van der Waals surface area contributed by atoms with E-state index in [0.717, 1.165) is 6.42 Å². The second-order valence-corrected chi connectivity index (χ2v) is 4.13. The van der Waals surface area contributed by atoms with E-state index in [2.05, 4.69) is 60.7 Å². The van der Waals surface area contributed by atoms with Crippen LogP contribution in [0.2, 0.25) is 0 Å². The molecule has 0 amide bonds. The van der Waals surface area contributed by atoms with Crippen molar-refractivity contribution in [2.45, 2.75) is 6.42 Å². The molecule has 2 aromatic carbocycles. The Labute approximate surface area is 115 Å². The highest BCUT2D eigenvalue weighted by molar-refractivity contribution is 7.66. The van der Waals surface area contributed by atoms with Gasteiger partial charge in [0.2, 0.25) is 0 Å². The minimum absolute atomic E-state index is 0.0648. The normalized spacial score (nSPS) is 8.84. The molecule has 0 aliphatic rings. The Balaban J connectivity index is 0.000000258. The molecule has 3 nitrogen and oxygen atoms in total. The molecule has 0 aliphatic carbocycles. The van der Waals surface area contributed by atoms with Crippen LogP contribution < -0.4 is 0 Å². The Morgan fingerprint density at radius 1 is 0.947 bits per heavy atom. The average molecular weight is 274 g/mol. The lowest BCUT2D eigenvalue weighted by Gasteiger charge is -2.00. The highest BCUT2D eigenvalue weighted by Gasteiger charge is 1.92. The lowest BCUT2D eigenvalue weighted by molar-refractivity contribution is -0.128. The second kappa shape index (κ2) is 8.83. The molecular formula is C15H14O3S. The lowest BCUT2D eigenvalue weighted by Crippen LogP contribution is -1.92. The van der Waals surface area contributed by atoms with Crippen molar-refractivity contribution in [3.05, 3.63) is 71.8 Å². The van der Waals surface area contributed by atoms with Crippen LogP contribution in [0.15, 0.2) is 60.7 Å². The first-order chi connectivity index (χ1) is 9.22. The Bertz CT molecular complexity index is 509. The lowest BCUT2D eigenvalue weighted by atomic mass is 10.1. The molecular weight excluding hydrogens is 260 g/mol. The van der Waals surface area contributed by atoms with Crippen LogP contribution in [-0.2, 0) is 22.5 Å². The monoisotopic (exact) mass is 274 g/mol. The zero-order valence-electron chi connectivity index (χ0n) is 10.2. The van der Waals surface area contributed by atoms with Gasteiger partial charge in [0, 0.05) is 0 Å². The third-order valence-electron chi connectivity index (χ3n) is 2.24. The topological polar surface area (TPSA) is 54.4 Å². The molecule has 0 radical (unpaired) electrons. The number of hydrogen-bond donors (Lipinski definition) is 1. The third-order valence-corrected chi connectivity index (χ3v) is 2.54. The fraction of sp³-hybridized carbons (Fsp3) is 0.0667. The number of carboxylic acids is 1. The SMILES string of the molecule is O=S=CC(=O)O.c1ccc(Cc2ccccc2)cc1. The molecule has 0 aromatic heterocycles. The van der Waals surface area contributed by atoms with Crippen molar-refractivity contribution in [3.8, 4) is 0 Å². The molecule has 19 heavy (non-hydrogen) atoms. The maximum atomic E-state index is 9.32. The van der Waals surface area contributed by atoms with Gasteiger partial charge in [0.05, 0.1) is 11.3 Å². The predicted octanol–water partition coefficient (Wildman–Crippen LogP) is 2.36. The highest BCUT2D eigenvalue weighted by Crippen LogP contribution is 2.07. The molecule has 0 aliphatic heterocycles. The van der Waals surface area contributed by atoms with Crippen molar-refractivity contribution in [2.75, 3.05) is 0 Å². The van der Waals surface area contributed by atoms with Gasteiger partial charge < -0.3 is 5.11 Å². The predicted molar refractivity (Wildman–Crippen MR) is 77.5 cm³/mol. The Morgan fingerprint density at radius 3 is 1.63 bits per heavy atom. The van der Waals surface area contributed by atoms with Crippen molar-refractivity contribution >= 4 is 22.6 Å². The van der Waals surface area contributed by atoms with Gasteiger partial charge in [-0.2, -0.15) is 0 Å². The first kappa shape index (κ1) is 14.9. The quantitative estimate of drug-likeness (QED) is 0.874. The first-order valence-corrected chi connectivity index (χ1v) is 6.45. The van der Waals surface area contributed by atoms with Crippen LogP contribution in [0.3, 0.4) is 0 Å². The smallest absolute Gasteiger partial charge is 0.341 e. The highest BCUT2D eigenvalue weighted by atomic mass is 32.1. The summed E-state index contributed by atoms with van der Waals surface area (Å²) in [7, 11) is 0. The summed E-state index contributed by atoms with van der Waals surface area (Å²) in [5.74, 6) is -1.19. The summed E-state index contributed by atoms with van der Waals surface area (Å²) in [4.78, 5) is 9.32. The summed E-state index contributed by atoms with van der Waals surface area (Å²) in [6.07, 6.45) is 1.03. The minimum atomic E-state index is -1.19. The molecule has 2 rings (SSSR count). The Hall–Kier alpha value is -2.20. The van der Waals surface area contributed by atoms with Gasteiger partial charge in [0.1, 0.15) is 5.37 Å². The van der Waals surface area contributed by atoms with Gasteiger partial charge in [-0.3, -0.25) is 0 Å². The van der Waals surface area contributed by atoms with E-state index >= 15 is 0 Å². The molecule has 0 saturated heterocycles. The fourth-order valence-corrected chi connectivity index (χ4v) is 1.55. The summed E-state index contributed by atoms with van der Waals surface area (Å²) in [6.45, 7) is 0. The molecule has 0 bridgehead atoms. The van der Waals surface area contributed by atoms with Crippen molar-refractivity contribution in [1.29, 1.82) is 0 Å². The van der Waals surface area contributed by atoms with Gasteiger partial charge >= 0.3 is 5.97 Å². The van der Waals surface area contributed by atoms with Crippen molar-refractivity contribution in [1.82, 2.24) is 0 Å². The van der Waals surface area contributed by atoms with Gasteiger partial charge in [-0.15, -0.1) is 0 Å². The molecule has 2 aromatic rings. The van der Waals surface area contributed by atoms with Gasteiger partial charge in [-0.05, 0) is 17.5 Å². The zero-order chi connectivity index (χ0) is 13.9. The summed E-state index contributed by atoms with van der Waals surface area (Å²) >= 11 is -0.0648. The number of carbonyl (C=O) groups is 1. The molecule has 0 heterocycles. The average Bonchev–Trinajstić information content (AvgIpc) is 2.41. The molecule has 0 saturated carbocycles. The molecule has 0 spiro atoms. The van der Waals surface area contributed by atoms with Crippen molar-refractivity contribution in [2.24, 2.45) is 0 Å². The van der Waals surface area contributed by atoms with E-state index in [9.17, 15) is 9.00 Å². The molecule has 0 atom stereocenters. The van der Waals surface area contributed by atoms with E-state index in [0.29, 0.717) is 5.37 Å². The zero-order valence-corrected chi connectivity index (χ0v) is 11.0. The summed E-state index contributed by atoms with van der Waals surface area (Å²) in [6, 6.07) is 21.1. The number of benzene rings is 2. The van der Waals surface area contributed by atoms with E-state index in [1.165, 1.54) is 11.1 Å². The van der Waals surface area contributed by atoms with E-state index in [1.807, 2.05) is 0 Å². The van der Waals surface area contributed by atoms with E-state index in [1.54, 1.807) is 0 Å². The van der Waals surface area contributed by atoms with Crippen LogP contribution in [0.1, 0.15) is 11.1 Å². The van der Waals surface area contributed by atoms with Gasteiger partial charge in [-0.25, -0.2) is 9.00 Å². The van der Waals surface area contributed by atoms with Crippen molar-refractivity contribution < 1.29 is 14.1 Å². The minimum Gasteiger partial charge on any atom is -0.477 e. The molecule has 0 fully saturated rings. The van der Waals surface area contributed by atoms with E-state index in [-0.39, 0.29) is 11.3 Å². The molecule has 0 unspecified atom stereocenters. The standard InChI is InChI=1S/C13H12.C2H2O3S/c1-3-7-12(8-4-1)11-13-9-5-2-6-10-13;3-2(4)1-6-5/h1-10H,11H2;1H,(H,3,4). The molecule has 4 heteroatoms. The van der Waals surface area contributed by atoms with Gasteiger partial charge in [0.25, 0.3) is 0 Å². The summed E-state index contributed by atoms with van der Waals surface area (Å²) in [5, 5.41) is 8.21. The van der Waals surface area contributed by atoms with E-state index in [4.69, 9.17) is 5.11 Å². The number of aliphatic carboxylic acids is 1. The van der Waals surface area contributed by atoms with Crippen LogP contribution in [0.25, 0.3) is 0 Å². The van der Waals surface area contributed by atoms with Crippen molar-refractivity contribution in [3.63, 3.8) is 0 Å². The summed E-state index contributed by atoms with van der Waals surface area (Å²) in [5.41, 5.74) is 2.74. The number of carboxylic acid groups (broad SMARTS) is 1. The molecule has 98 valence electrons. The second-order valence-electron chi connectivity index (χ2n) is 3.70. The summed E-state index contributed by atoms with van der Waals surface area (Å²) < 4.78 is 9.22. The maximum absolute atomic E-state index is 9.32. The van der Waals surface area contributed by atoms with Gasteiger partial charge in [0.15, 0.2) is 0 Å². The Kier molecular flexibility index (Phi) is 6.90. The largest absolute Gasteiger partial charge is 0.477 e. The first-order valence-electron chi connectivity index (χ1n) is 5.65. The Morgan fingerprint density at radius 2 is 1.37 bits per heavy atom. The van der Waals surface area contributed by atoms with Crippen LogP contribution in [0.5, 0.6) is 0 Å². The van der Waals surface area contributed by atoms with Gasteiger partial charge in [-0.1, -0.05) is 60.7 Å². The van der Waals surface area contributed by atoms with Crippen LogP contribution in [0, 0.1) is 0 Å². The fourth-order valence-electron chi connectivity index (χ4n) is 1.47. The third kappa shape index (κ3) is 6.95.